The van der Waals surface area contributed by atoms with Crippen LogP contribution in [0.15, 0.2) is 66.0 Å². The van der Waals surface area contributed by atoms with E-state index >= 15 is 0 Å². The van der Waals surface area contributed by atoms with E-state index in [1.165, 1.54) is 10.6 Å². The zero-order valence-corrected chi connectivity index (χ0v) is 23.4. The van der Waals surface area contributed by atoms with Gasteiger partial charge in [-0.3, -0.25) is 14.9 Å². The van der Waals surface area contributed by atoms with Gasteiger partial charge < -0.3 is 10.6 Å². The van der Waals surface area contributed by atoms with Crippen LogP contribution in [0.4, 0.5) is 10.2 Å². The molecule has 0 aliphatic carbocycles. The first-order valence-electron chi connectivity index (χ1n) is 13.6. The number of hydrogen-bond acceptors (Lipinski definition) is 8. The predicted molar refractivity (Wildman–Crippen MR) is 153 cm³/mol. The van der Waals surface area contributed by atoms with Gasteiger partial charge in [0.1, 0.15) is 22.2 Å². The number of hydrogen-bond donors (Lipinski definition) is 2. The molecule has 3 N–H and O–H groups in total. The summed E-state index contributed by atoms with van der Waals surface area (Å²) in [7, 11) is -3.77. The zero-order valence-electron chi connectivity index (χ0n) is 22.6. The van der Waals surface area contributed by atoms with Crippen molar-refractivity contribution >= 4 is 27.2 Å². The summed E-state index contributed by atoms with van der Waals surface area (Å²) in [5, 5.41) is 11.0. The van der Waals surface area contributed by atoms with E-state index in [0.717, 1.165) is 19.1 Å². The van der Waals surface area contributed by atoms with E-state index in [0.29, 0.717) is 52.3 Å². The van der Waals surface area contributed by atoms with Crippen molar-refractivity contribution in [1.29, 1.82) is 0 Å². The molecule has 1 aromatic carbocycles. The third-order valence-corrected chi connectivity index (χ3v) is 9.50. The van der Waals surface area contributed by atoms with Gasteiger partial charge in [0.15, 0.2) is 15.5 Å². The number of anilines is 1. The number of carbonyl (C=O) groups is 1. The minimum Gasteiger partial charge on any atom is -0.382 e. The second kappa shape index (κ2) is 9.72. The van der Waals surface area contributed by atoms with Crippen molar-refractivity contribution in [2.45, 2.75) is 48.6 Å². The van der Waals surface area contributed by atoms with Crippen molar-refractivity contribution in [3.8, 4) is 22.4 Å². The molecule has 2 aliphatic heterocycles. The highest BCUT2D eigenvalue weighted by Crippen LogP contribution is 2.45. The van der Waals surface area contributed by atoms with Crippen LogP contribution in [-0.4, -0.2) is 67.3 Å². The smallest absolute Gasteiger partial charge is 0.272 e. The number of benzene rings is 1. The van der Waals surface area contributed by atoms with Crippen molar-refractivity contribution in [3.63, 3.8) is 0 Å². The van der Waals surface area contributed by atoms with Crippen molar-refractivity contribution in [2.24, 2.45) is 0 Å². The van der Waals surface area contributed by atoms with E-state index in [1.807, 2.05) is 4.90 Å². The Morgan fingerprint density at radius 2 is 1.81 bits per heavy atom. The normalized spacial score (nSPS) is 20.3. The van der Waals surface area contributed by atoms with Crippen LogP contribution in [0.3, 0.4) is 0 Å². The summed E-state index contributed by atoms with van der Waals surface area (Å²) in [5.41, 5.74) is 9.88. The summed E-state index contributed by atoms with van der Waals surface area (Å²) in [6.07, 6.45) is 8.62. The molecule has 0 spiro atoms. The molecule has 2 bridgehead atoms. The fourth-order valence-corrected chi connectivity index (χ4v) is 7.56. The molecular formula is C29H27FN8O3S. The molecule has 42 heavy (non-hydrogen) atoms. The Kier molecular flexibility index (Phi) is 6.08. The molecule has 13 heteroatoms. The SMILES string of the molecule is CS(=O)(=O)c1c(C2CC3CCC(C2)N3C(=O)c2ccn[nH]2)nc2c(-c3ccc(-c4ccccc4F)nc3)cnn2c1N. The summed E-state index contributed by atoms with van der Waals surface area (Å²) in [6.45, 7) is 0. The van der Waals surface area contributed by atoms with Crippen LogP contribution >= 0.6 is 0 Å². The number of sulfone groups is 1. The Morgan fingerprint density at radius 1 is 1.05 bits per heavy atom. The third kappa shape index (κ3) is 4.23. The molecule has 2 saturated heterocycles. The number of aromatic amines is 1. The molecule has 5 aromatic rings. The highest BCUT2D eigenvalue weighted by atomic mass is 32.2. The first-order chi connectivity index (χ1) is 20.2. The van der Waals surface area contributed by atoms with Gasteiger partial charge in [-0.1, -0.05) is 18.2 Å². The largest absolute Gasteiger partial charge is 0.382 e. The predicted octanol–water partition coefficient (Wildman–Crippen LogP) is 3.86. The maximum absolute atomic E-state index is 14.3. The number of nitrogens with zero attached hydrogens (tertiary/aromatic N) is 6. The monoisotopic (exact) mass is 586 g/mol. The molecule has 2 unspecified atom stereocenters. The molecule has 11 nitrogen and oxygen atoms in total. The first-order valence-corrected chi connectivity index (χ1v) is 15.5. The average molecular weight is 587 g/mol. The highest BCUT2D eigenvalue weighted by molar-refractivity contribution is 7.91. The summed E-state index contributed by atoms with van der Waals surface area (Å²) < 4.78 is 41.8. The topological polar surface area (TPSA) is 152 Å². The van der Waals surface area contributed by atoms with Crippen molar-refractivity contribution in [2.75, 3.05) is 12.0 Å². The molecule has 2 fully saturated rings. The average Bonchev–Trinajstić information content (AvgIpc) is 3.71. The molecule has 6 heterocycles. The summed E-state index contributed by atoms with van der Waals surface area (Å²) in [4.78, 5) is 24.4. The molecule has 4 aromatic heterocycles. The van der Waals surface area contributed by atoms with E-state index in [2.05, 4.69) is 20.3 Å². The molecule has 2 atom stereocenters. The van der Waals surface area contributed by atoms with Gasteiger partial charge in [-0.15, -0.1) is 0 Å². The second-order valence-corrected chi connectivity index (χ2v) is 12.9. The van der Waals surface area contributed by atoms with Gasteiger partial charge in [0.2, 0.25) is 0 Å². The van der Waals surface area contributed by atoms with E-state index in [9.17, 15) is 17.6 Å². The number of amides is 1. The number of rotatable bonds is 5. The number of nitrogens with two attached hydrogens (primary N) is 1. The van der Waals surface area contributed by atoms with Crippen LogP contribution in [0.2, 0.25) is 0 Å². The lowest BCUT2D eigenvalue weighted by Gasteiger charge is -2.39. The maximum atomic E-state index is 14.3. The fourth-order valence-electron chi connectivity index (χ4n) is 6.51. The van der Waals surface area contributed by atoms with Crippen LogP contribution in [0, 0.1) is 5.82 Å². The van der Waals surface area contributed by atoms with Gasteiger partial charge in [0, 0.05) is 53.3 Å². The number of pyridine rings is 1. The van der Waals surface area contributed by atoms with Gasteiger partial charge in [0.25, 0.3) is 5.91 Å². The molecular weight excluding hydrogens is 559 g/mol. The maximum Gasteiger partial charge on any atom is 0.272 e. The van der Waals surface area contributed by atoms with E-state index in [-0.39, 0.29) is 40.4 Å². The van der Waals surface area contributed by atoms with Gasteiger partial charge in [-0.2, -0.15) is 14.7 Å². The van der Waals surface area contributed by atoms with Gasteiger partial charge >= 0.3 is 0 Å². The second-order valence-electron chi connectivity index (χ2n) is 10.9. The number of nitrogen functional groups attached to an aromatic ring is 1. The number of H-pyrrole nitrogens is 1. The quantitative estimate of drug-likeness (QED) is 0.315. The van der Waals surface area contributed by atoms with Gasteiger partial charge in [0.05, 0.1) is 17.6 Å². The van der Waals surface area contributed by atoms with Crippen molar-refractivity contribution in [1.82, 2.24) is 34.7 Å². The van der Waals surface area contributed by atoms with Crippen LogP contribution < -0.4 is 5.73 Å². The lowest BCUT2D eigenvalue weighted by Crippen LogP contribution is -2.46. The van der Waals surface area contributed by atoms with E-state index in [4.69, 9.17) is 10.7 Å². The molecule has 0 radical (unpaired) electrons. The lowest BCUT2D eigenvalue weighted by atomic mass is 9.87. The van der Waals surface area contributed by atoms with Crippen LogP contribution in [0.1, 0.15) is 47.8 Å². The Bertz CT molecular complexity index is 1930. The Balaban J connectivity index is 1.28. The summed E-state index contributed by atoms with van der Waals surface area (Å²) >= 11 is 0. The van der Waals surface area contributed by atoms with Crippen molar-refractivity contribution < 1.29 is 17.6 Å². The summed E-state index contributed by atoms with van der Waals surface area (Å²) in [5.74, 6) is -0.709. The van der Waals surface area contributed by atoms with E-state index in [1.54, 1.807) is 55.0 Å². The van der Waals surface area contributed by atoms with Crippen LogP contribution in [-0.2, 0) is 9.84 Å². The molecule has 0 saturated carbocycles. The number of nitrogens with one attached hydrogen (secondary N) is 1. The number of carbonyl (C=O) groups excluding carboxylic acids is 1. The Labute approximate surface area is 240 Å². The van der Waals surface area contributed by atoms with Gasteiger partial charge in [-0.25, -0.2) is 17.8 Å². The molecule has 7 rings (SSSR count). The molecule has 214 valence electrons. The third-order valence-electron chi connectivity index (χ3n) is 8.34. The number of aromatic nitrogens is 6. The van der Waals surface area contributed by atoms with Crippen molar-refractivity contribution in [3.05, 3.63) is 78.3 Å². The standard InChI is InChI=1S/C29H27FN8O3S/c1-42(40,41)26-25(17-12-18-7-8-19(13-17)37(18)29(39)24-10-11-33-36-24)35-28-21(15-34-38(28)27(26)31)16-6-9-23(32-14-16)20-4-2-3-5-22(20)30/h2-6,9-11,14-15,17-19H,7-8,12-13,31H2,1H3,(H,33,36). The zero-order chi connectivity index (χ0) is 29.2. The highest BCUT2D eigenvalue weighted by Gasteiger charge is 2.45. The minimum atomic E-state index is -3.77. The minimum absolute atomic E-state index is 0.0111. The first kappa shape index (κ1) is 26.3. The van der Waals surface area contributed by atoms with E-state index < -0.39 is 9.84 Å². The van der Waals surface area contributed by atoms with Gasteiger partial charge in [-0.05, 0) is 49.9 Å². The van der Waals surface area contributed by atoms with Crippen LogP contribution in [0.5, 0.6) is 0 Å². The molecule has 2 aliphatic rings. The lowest BCUT2D eigenvalue weighted by molar-refractivity contribution is 0.0562. The Morgan fingerprint density at radius 3 is 2.45 bits per heavy atom. The molecule has 1 amide bonds. The van der Waals surface area contributed by atoms with Crippen LogP contribution in [0.25, 0.3) is 28.0 Å². The summed E-state index contributed by atoms with van der Waals surface area (Å²) in [6, 6.07) is 11.5. The number of piperidine rings is 1. The number of fused-ring (bicyclic) bond motifs is 3. The number of halogens is 1. The fraction of sp³-hybridized carbons (Fsp3) is 0.276. The Hall–Kier alpha value is -4.65.